The molecule has 0 fully saturated rings. The number of aliphatic hydroxyl groups is 1. The van der Waals surface area contributed by atoms with Crippen molar-refractivity contribution >= 4 is 23.5 Å². The van der Waals surface area contributed by atoms with Gasteiger partial charge in [0.25, 0.3) is 11.8 Å². The molecule has 4 amide bonds. The van der Waals surface area contributed by atoms with Crippen LogP contribution in [0.25, 0.3) is 0 Å². The number of rotatable bonds is 7. The number of hydrogen-bond acceptors (Lipinski definition) is 7. The predicted molar refractivity (Wildman–Crippen MR) is 165 cm³/mol. The smallest absolute Gasteiger partial charge is 0.319 e. The lowest BCUT2D eigenvalue weighted by molar-refractivity contribution is -0.0149. The number of urea groups is 1. The number of amides is 4. The van der Waals surface area contributed by atoms with Crippen molar-refractivity contribution in [3.05, 3.63) is 53.9 Å². The molecule has 11 heteroatoms. The van der Waals surface area contributed by atoms with E-state index in [4.69, 9.17) is 9.47 Å². The van der Waals surface area contributed by atoms with E-state index < -0.39 is 6.04 Å². The van der Waals surface area contributed by atoms with Gasteiger partial charge in [-0.15, -0.1) is 0 Å². The summed E-state index contributed by atoms with van der Waals surface area (Å²) >= 11 is 0. The van der Waals surface area contributed by atoms with Crippen molar-refractivity contribution in [2.75, 3.05) is 38.7 Å². The first-order valence-corrected chi connectivity index (χ1v) is 15.1. The van der Waals surface area contributed by atoms with E-state index >= 15 is 0 Å². The number of pyridine rings is 1. The summed E-state index contributed by atoms with van der Waals surface area (Å²) in [4.78, 5) is 46.9. The Hall–Kier alpha value is -3.70. The monoisotopic (exact) mass is 597 g/mol. The van der Waals surface area contributed by atoms with Crippen LogP contribution < -0.4 is 15.4 Å². The van der Waals surface area contributed by atoms with Crippen molar-refractivity contribution in [3.63, 3.8) is 0 Å². The van der Waals surface area contributed by atoms with Crippen molar-refractivity contribution in [2.24, 2.45) is 5.92 Å². The number of nitrogens with zero attached hydrogens (tertiary/aromatic N) is 3. The molecule has 0 spiro atoms. The van der Waals surface area contributed by atoms with Crippen LogP contribution in [0.1, 0.15) is 74.6 Å². The highest BCUT2D eigenvalue weighted by Crippen LogP contribution is 2.28. The van der Waals surface area contributed by atoms with E-state index in [-0.39, 0.29) is 55.2 Å². The van der Waals surface area contributed by atoms with Crippen molar-refractivity contribution in [2.45, 2.75) is 78.2 Å². The number of benzene rings is 1. The highest BCUT2D eigenvalue weighted by Gasteiger charge is 2.31. The summed E-state index contributed by atoms with van der Waals surface area (Å²) in [5, 5.41) is 15.7. The molecule has 1 aliphatic rings. The minimum absolute atomic E-state index is 0.0558. The molecule has 0 saturated heterocycles. The standard InChI is InChI=1S/C32H47N5O6/c1-21(2)34-32(41)35-26-10-11-28-27(17-26)31(40)37(23(4)20-38)18-22(3)29(42-16-8-7-9-24(5)43-28)19-36(6)30(39)25-12-14-33-15-13-25/h10-15,17,21-24,29,38H,7-9,16,18-20H2,1-6H3,(H2,34,35,41)/t22-,23-,24+,29+/m1/s1. The molecule has 0 aliphatic carbocycles. The van der Waals surface area contributed by atoms with E-state index in [0.717, 1.165) is 19.3 Å². The number of ether oxygens (including phenoxy) is 2. The molecule has 3 N–H and O–H groups in total. The van der Waals surface area contributed by atoms with E-state index in [1.165, 1.54) is 0 Å². The van der Waals surface area contributed by atoms with Gasteiger partial charge in [0.2, 0.25) is 0 Å². The normalized spacial score (nSPS) is 20.8. The van der Waals surface area contributed by atoms with Gasteiger partial charge in [-0.1, -0.05) is 6.92 Å². The number of likely N-dealkylation sites (N-methyl/N-ethyl adjacent to an activating group) is 1. The summed E-state index contributed by atoms with van der Waals surface area (Å²) in [7, 11) is 1.74. The van der Waals surface area contributed by atoms with Gasteiger partial charge < -0.3 is 35.0 Å². The Kier molecular flexibility index (Phi) is 12.8. The lowest BCUT2D eigenvalue weighted by Crippen LogP contribution is -2.48. The molecule has 3 rings (SSSR count). The summed E-state index contributed by atoms with van der Waals surface area (Å²) in [5.74, 6) is -0.242. The van der Waals surface area contributed by atoms with Gasteiger partial charge in [-0.25, -0.2) is 4.79 Å². The Labute approximate surface area is 254 Å². The van der Waals surface area contributed by atoms with E-state index in [1.807, 2.05) is 27.7 Å². The summed E-state index contributed by atoms with van der Waals surface area (Å²) in [6, 6.07) is 7.45. The van der Waals surface area contributed by atoms with Gasteiger partial charge >= 0.3 is 6.03 Å². The van der Waals surface area contributed by atoms with Crippen LogP contribution in [0.2, 0.25) is 0 Å². The van der Waals surface area contributed by atoms with Gasteiger partial charge in [0.05, 0.1) is 30.4 Å². The first kappa shape index (κ1) is 33.8. The van der Waals surface area contributed by atoms with E-state index in [0.29, 0.717) is 35.7 Å². The zero-order valence-corrected chi connectivity index (χ0v) is 26.2. The predicted octanol–water partition coefficient (Wildman–Crippen LogP) is 4.18. The minimum atomic E-state index is -0.509. The third-order valence-electron chi connectivity index (χ3n) is 7.46. The van der Waals surface area contributed by atoms with E-state index in [9.17, 15) is 19.5 Å². The fraction of sp³-hybridized carbons (Fsp3) is 0.562. The molecular formula is C32H47N5O6. The number of carbonyl (C=O) groups excluding carboxylic acids is 3. The number of aromatic nitrogens is 1. The molecule has 0 radical (unpaired) electrons. The van der Waals surface area contributed by atoms with Gasteiger partial charge in [-0.3, -0.25) is 14.6 Å². The molecule has 1 aliphatic heterocycles. The first-order chi connectivity index (χ1) is 20.5. The van der Waals surface area contributed by atoms with Crippen LogP contribution in [-0.2, 0) is 4.74 Å². The van der Waals surface area contributed by atoms with Crippen LogP contribution in [0.4, 0.5) is 10.5 Å². The van der Waals surface area contributed by atoms with Crippen LogP contribution in [0, 0.1) is 5.92 Å². The molecule has 4 atom stereocenters. The molecule has 0 unspecified atom stereocenters. The third-order valence-corrected chi connectivity index (χ3v) is 7.46. The molecule has 1 aromatic carbocycles. The fourth-order valence-corrected chi connectivity index (χ4v) is 4.96. The van der Waals surface area contributed by atoms with Crippen LogP contribution >= 0.6 is 0 Å². The Morgan fingerprint density at radius 3 is 2.53 bits per heavy atom. The second-order valence-corrected chi connectivity index (χ2v) is 11.7. The average Bonchev–Trinajstić information content (AvgIpc) is 2.98. The van der Waals surface area contributed by atoms with E-state index in [2.05, 4.69) is 15.6 Å². The second kappa shape index (κ2) is 16.2. The van der Waals surface area contributed by atoms with Crippen molar-refractivity contribution < 1.29 is 29.0 Å². The summed E-state index contributed by atoms with van der Waals surface area (Å²) in [5.41, 5.74) is 1.28. The van der Waals surface area contributed by atoms with Gasteiger partial charge in [0.15, 0.2) is 0 Å². The van der Waals surface area contributed by atoms with Gasteiger partial charge in [-0.2, -0.15) is 0 Å². The maximum atomic E-state index is 14.2. The van der Waals surface area contributed by atoms with Crippen molar-refractivity contribution in [3.8, 4) is 5.75 Å². The van der Waals surface area contributed by atoms with Gasteiger partial charge in [0, 0.05) is 62.3 Å². The molecule has 0 saturated carbocycles. The largest absolute Gasteiger partial charge is 0.490 e. The zero-order valence-electron chi connectivity index (χ0n) is 26.2. The number of hydrogen-bond donors (Lipinski definition) is 3. The second-order valence-electron chi connectivity index (χ2n) is 11.7. The lowest BCUT2D eigenvalue weighted by Gasteiger charge is -2.36. The third kappa shape index (κ3) is 9.93. The van der Waals surface area contributed by atoms with Crippen LogP contribution in [0.5, 0.6) is 5.75 Å². The molecule has 43 heavy (non-hydrogen) atoms. The van der Waals surface area contributed by atoms with Crippen LogP contribution in [0.3, 0.4) is 0 Å². The summed E-state index contributed by atoms with van der Waals surface area (Å²) in [6.07, 6.45) is 5.07. The number of anilines is 1. The van der Waals surface area contributed by atoms with Crippen LogP contribution in [-0.4, -0.2) is 95.4 Å². The zero-order chi connectivity index (χ0) is 31.5. The SMILES string of the molecule is CC(C)NC(=O)Nc1ccc2c(c1)C(=O)N([C@H](C)CO)C[C@@H](C)[C@H](CN(C)C(=O)c1ccncc1)OCCCC[C@H](C)O2. The topological polar surface area (TPSA) is 133 Å². The quantitative estimate of drug-likeness (QED) is 0.436. The Morgan fingerprint density at radius 2 is 1.86 bits per heavy atom. The number of fused-ring (bicyclic) bond motifs is 1. The molecule has 2 aromatic rings. The first-order valence-electron chi connectivity index (χ1n) is 15.1. The molecule has 1 aromatic heterocycles. The van der Waals surface area contributed by atoms with Crippen molar-refractivity contribution in [1.29, 1.82) is 0 Å². The molecule has 2 heterocycles. The average molecular weight is 598 g/mol. The highest BCUT2D eigenvalue weighted by atomic mass is 16.5. The maximum absolute atomic E-state index is 14.2. The Bertz CT molecular complexity index is 1210. The van der Waals surface area contributed by atoms with Gasteiger partial charge in [-0.05, 0) is 77.3 Å². The molecular weight excluding hydrogens is 550 g/mol. The minimum Gasteiger partial charge on any atom is -0.490 e. The number of carbonyl (C=O) groups is 3. The Balaban J connectivity index is 1.93. The summed E-state index contributed by atoms with van der Waals surface area (Å²) in [6.45, 7) is 10.3. The lowest BCUT2D eigenvalue weighted by atomic mass is 10.0. The van der Waals surface area contributed by atoms with E-state index in [1.54, 1.807) is 66.5 Å². The fourth-order valence-electron chi connectivity index (χ4n) is 4.96. The molecule has 11 nitrogen and oxygen atoms in total. The van der Waals surface area contributed by atoms with Gasteiger partial charge in [0.1, 0.15) is 5.75 Å². The summed E-state index contributed by atoms with van der Waals surface area (Å²) < 4.78 is 12.6. The van der Waals surface area contributed by atoms with Crippen molar-refractivity contribution in [1.82, 2.24) is 20.1 Å². The highest BCUT2D eigenvalue weighted by molar-refractivity contribution is 5.99. The maximum Gasteiger partial charge on any atom is 0.319 e. The Morgan fingerprint density at radius 1 is 1.14 bits per heavy atom. The van der Waals surface area contributed by atoms with Crippen LogP contribution in [0.15, 0.2) is 42.7 Å². The number of nitrogens with one attached hydrogen (secondary N) is 2. The molecule has 236 valence electrons. The molecule has 0 bridgehead atoms. The number of aliphatic hydroxyl groups excluding tert-OH is 1.